The minimum absolute atomic E-state index is 0.0927. The van der Waals surface area contributed by atoms with E-state index in [1.165, 1.54) is 19.2 Å². The minimum Gasteiger partial charge on any atom is -0.489 e. The number of methoxy groups -OCH3 is 1. The summed E-state index contributed by atoms with van der Waals surface area (Å²) in [6, 6.07) is 23.9. The number of halogens is 1. The Kier molecular flexibility index (Phi) is 6.60. The number of aromatic nitrogens is 2. The van der Waals surface area contributed by atoms with Gasteiger partial charge < -0.3 is 9.47 Å². The van der Waals surface area contributed by atoms with Gasteiger partial charge in [0.05, 0.1) is 25.8 Å². The Hall–Kier alpha value is -3.93. The van der Waals surface area contributed by atoms with E-state index in [-0.39, 0.29) is 18.2 Å². The third-order valence-corrected chi connectivity index (χ3v) is 5.03. The van der Waals surface area contributed by atoms with Gasteiger partial charge in [-0.15, -0.1) is 0 Å². The molecule has 0 bridgehead atoms. The van der Waals surface area contributed by atoms with E-state index in [0.717, 1.165) is 28.0 Å². The number of rotatable bonds is 8. The molecular formula is C26H23FN2O3. The molecule has 4 rings (SSSR count). The fourth-order valence-corrected chi connectivity index (χ4v) is 3.37. The van der Waals surface area contributed by atoms with Gasteiger partial charge in [-0.2, -0.15) is 5.10 Å². The smallest absolute Gasteiger partial charge is 0.310 e. The molecule has 0 aliphatic carbocycles. The summed E-state index contributed by atoms with van der Waals surface area (Å²) in [6.07, 6.45) is 1.92. The molecule has 0 amide bonds. The lowest BCUT2D eigenvalue weighted by Crippen LogP contribution is -2.04. The van der Waals surface area contributed by atoms with Crippen LogP contribution < -0.4 is 4.74 Å². The largest absolute Gasteiger partial charge is 0.489 e. The molecule has 3 aromatic carbocycles. The van der Waals surface area contributed by atoms with Crippen molar-refractivity contribution >= 4 is 5.97 Å². The number of ether oxygens (including phenoxy) is 2. The maximum absolute atomic E-state index is 13.3. The Bertz CT molecular complexity index is 1170. The zero-order valence-corrected chi connectivity index (χ0v) is 17.7. The molecule has 0 N–H and O–H groups in total. The summed E-state index contributed by atoms with van der Waals surface area (Å²) < 4.78 is 25.8. The molecule has 1 aromatic heterocycles. The number of esters is 1. The summed E-state index contributed by atoms with van der Waals surface area (Å²) in [5.74, 6) is 0.113. The van der Waals surface area contributed by atoms with Gasteiger partial charge in [0.25, 0.3) is 0 Å². The average molecular weight is 430 g/mol. The Morgan fingerprint density at radius 2 is 1.66 bits per heavy atom. The Balaban J connectivity index is 1.49. The van der Waals surface area contributed by atoms with Gasteiger partial charge in [0.15, 0.2) is 0 Å². The van der Waals surface area contributed by atoms with E-state index in [9.17, 15) is 9.18 Å². The number of nitrogens with zero attached hydrogens (tertiary/aromatic N) is 2. The highest BCUT2D eigenvalue weighted by Gasteiger charge is 2.15. The second-order valence-corrected chi connectivity index (χ2v) is 7.38. The zero-order valence-electron chi connectivity index (χ0n) is 17.7. The van der Waals surface area contributed by atoms with Crippen molar-refractivity contribution in [3.63, 3.8) is 0 Å². The van der Waals surface area contributed by atoms with E-state index in [1.807, 2.05) is 60.8 Å². The van der Waals surface area contributed by atoms with Crippen LogP contribution in [-0.4, -0.2) is 22.9 Å². The summed E-state index contributed by atoms with van der Waals surface area (Å²) in [5.41, 5.74) is 4.26. The van der Waals surface area contributed by atoms with Crippen molar-refractivity contribution in [2.24, 2.45) is 0 Å². The van der Waals surface area contributed by atoms with Gasteiger partial charge >= 0.3 is 5.97 Å². The molecule has 0 aliphatic heterocycles. The van der Waals surface area contributed by atoms with Crippen molar-refractivity contribution < 1.29 is 18.7 Å². The van der Waals surface area contributed by atoms with Crippen LogP contribution in [0.15, 0.2) is 85.1 Å². The quantitative estimate of drug-likeness (QED) is 0.368. The maximum atomic E-state index is 13.3. The average Bonchev–Trinajstić information content (AvgIpc) is 3.21. The third-order valence-electron chi connectivity index (χ3n) is 5.03. The summed E-state index contributed by atoms with van der Waals surface area (Å²) in [5, 5.41) is 4.65. The first-order valence-corrected chi connectivity index (χ1v) is 10.3. The molecule has 0 fully saturated rings. The fourth-order valence-electron chi connectivity index (χ4n) is 3.37. The van der Waals surface area contributed by atoms with E-state index >= 15 is 0 Å². The van der Waals surface area contributed by atoms with Crippen molar-refractivity contribution in [1.29, 1.82) is 0 Å². The molecule has 0 saturated heterocycles. The predicted molar refractivity (Wildman–Crippen MR) is 120 cm³/mol. The van der Waals surface area contributed by atoms with Crippen molar-refractivity contribution in [3.05, 3.63) is 108 Å². The third kappa shape index (κ3) is 5.40. The molecule has 6 heteroatoms. The van der Waals surface area contributed by atoms with E-state index in [1.54, 1.807) is 16.8 Å². The molecule has 0 radical (unpaired) electrons. The van der Waals surface area contributed by atoms with Crippen molar-refractivity contribution in [3.8, 4) is 17.0 Å². The first kappa shape index (κ1) is 21.3. The maximum Gasteiger partial charge on any atom is 0.310 e. The normalized spacial score (nSPS) is 10.7. The van der Waals surface area contributed by atoms with Crippen LogP contribution in [0.4, 0.5) is 4.39 Å². The lowest BCUT2D eigenvalue weighted by atomic mass is 10.1. The minimum atomic E-state index is -0.354. The highest BCUT2D eigenvalue weighted by atomic mass is 19.1. The lowest BCUT2D eigenvalue weighted by molar-refractivity contribution is -0.139. The molecule has 32 heavy (non-hydrogen) atoms. The second kappa shape index (κ2) is 9.92. The van der Waals surface area contributed by atoms with E-state index in [0.29, 0.717) is 18.8 Å². The Morgan fingerprint density at radius 1 is 0.938 bits per heavy atom. The number of benzene rings is 3. The van der Waals surface area contributed by atoms with Gasteiger partial charge in [-0.3, -0.25) is 9.48 Å². The fraction of sp³-hybridized carbons (Fsp3) is 0.154. The van der Waals surface area contributed by atoms with E-state index < -0.39 is 0 Å². The van der Waals surface area contributed by atoms with Gasteiger partial charge in [0.2, 0.25) is 0 Å². The monoisotopic (exact) mass is 430 g/mol. The number of hydrogen-bond acceptors (Lipinski definition) is 4. The zero-order chi connectivity index (χ0) is 22.3. The summed E-state index contributed by atoms with van der Waals surface area (Å²) >= 11 is 0. The molecule has 4 aromatic rings. The number of carbonyl (C=O) groups excluding carboxylic acids is 1. The molecule has 0 unspecified atom stereocenters. The molecule has 0 saturated carbocycles. The molecule has 162 valence electrons. The van der Waals surface area contributed by atoms with Crippen molar-refractivity contribution in [1.82, 2.24) is 9.78 Å². The molecule has 1 heterocycles. The van der Waals surface area contributed by atoms with E-state index in [2.05, 4.69) is 5.10 Å². The van der Waals surface area contributed by atoms with Crippen LogP contribution in [0, 0.1) is 5.82 Å². The van der Waals surface area contributed by atoms with Gasteiger partial charge in [-0.25, -0.2) is 4.39 Å². The van der Waals surface area contributed by atoms with Crippen molar-refractivity contribution in [2.45, 2.75) is 19.6 Å². The standard InChI is InChI=1S/C26H23FN2O3/c1-31-25(30)15-22-17-29(28-26(22)21-9-11-23(27)12-10-21)16-19-7-13-24(14-8-19)32-18-20-5-3-2-4-6-20/h2-14,17H,15-16,18H2,1H3. The van der Waals surface area contributed by atoms with Crippen LogP contribution in [0.2, 0.25) is 0 Å². The molecule has 0 spiro atoms. The topological polar surface area (TPSA) is 53.4 Å². The Labute approximate surface area is 186 Å². The van der Waals surface area contributed by atoms with Crippen LogP contribution in [0.5, 0.6) is 5.75 Å². The lowest BCUT2D eigenvalue weighted by Gasteiger charge is -2.07. The molecule has 0 aliphatic rings. The van der Waals surface area contributed by atoms with Crippen LogP contribution in [0.25, 0.3) is 11.3 Å². The Morgan fingerprint density at radius 3 is 2.34 bits per heavy atom. The van der Waals surface area contributed by atoms with Crippen LogP contribution in [0.1, 0.15) is 16.7 Å². The first-order valence-electron chi connectivity index (χ1n) is 10.3. The van der Waals surface area contributed by atoms with Crippen molar-refractivity contribution in [2.75, 3.05) is 7.11 Å². The summed E-state index contributed by atoms with van der Waals surface area (Å²) in [4.78, 5) is 11.9. The first-order chi connectivity index (χ1) is 15.6. The van der Waals surface area contributed by atoms with Crippen LogP contribution >= 0.6 is 0 Å². The van der Waals surface area contributed by atoms with Crippen LogP contribution in [0.3, 0.4) is 0 Å². The number of hydrogen-bond donors (Lipinski definition) is 0. The molecular weight excluding hydrogens is 407 g/mol. The highest BCUT2D eigenvalue weighted by molar-refractivity contribution is 5.76. The van der Waals surface area contributed by atoms with Gasteiger partial charge in [0.1, 0.15) is 18.2 Å². The number of carbonyl (C=O) groups is 1. The highest BCUT2D eigenvalue weighted by Crippen LogP contribution is 2.24. The van der Waals surface area contributed by atoms with Gasteiger partial charge in [-0.1, -0.05) is 42.5 Å². The van der Waals surface area contributed by atoms with E-state index in [4.69, 9.17) is 9.47 Å². The van der Waals surface area contributed by atoms with Crippen LogP contribution in [-0.2, 0) is 29.1 Å². The predicted octanol–water partition coefficient (Wildman–Crippen LogP) is 5.03. The SMILES string of the molecule is COC(=O)Cc1cn(Cc2ccc(OCc3ccccc3)cc2)nc1-c1ccc(F)cc1. The van der Waals surface area contributed by atoms with Gasteiger partial charge in [-0.05, 0) is 47.5 Å². The molecule has 5 nitrogen and oxygen atoms in total. The summed E-state index contributed by atoms with van der Waals surface area (Å²) in [6.45, 7) is 1.03. The van der Waals surface area contributed by atoms with Gasteiger partial charge in [0, 0.05) is 17.3 Å². The second-order valence-electron chi connectivity index (χ2n) is 7.38. The summed E-state index contributed by atoms with van der Waals surface area (Å²) in [7, 11) is 1.35. The molecule has 0 atom stereocenters.